The van der Waals surface area contributed by atoms with Crippen molar-refractivity contribution >= 4 is 11.6 Å². The molecule has 0 aromatic rings. The first-order valence-corrected chi connectivity index (χ1v) is 6.83. The summed E-state index contributed by atoms with van der Waals surface area (Å²) in [6, 6.07) is 0.445. The lowest BCUT2D eigenvalue weighted by atomic mass is 9.84. The van der Waals surface area contributed by atoms with Gasteiger partial charge >= 0.3 is 0 Å². The zero-order valence-corrected chi connectivity index (χ0v) is 11.3. The van der Waals surface area contributed by atoms with E-state index < -0.39 is 0 Å². The predicted octanol–water partition coefficient (Wildman–Crippen LogP) is 1.97. The molecule has 3 nitrogen and oxygen atoms in total. The Morgan fingerprint density at radius 2 is 1.94 bits per heavy atom. The largest absolute Gasteiger partial charge is 0.284 e. The quantitative estimate of drug-likeness (QED) is 0.640. The Balaban J connectivity index is 2.02. The molecular formula is C14H23N2O+. The van der Waals surface area contributed by atoms with Crippen LogP contribution in [0.15, 0.2) is 0 Å². The van der Waals surface area contributed by atoms with Crippen LogP contribution >= 0.6 is 0 Å². The molecule has 3 heteroatoms. The second-order valence-electron chi connectivity index (χ2n) is 7.03. The summed E-state index contributed by atoms with van der Waals surface area (Å²) >= 11 is 0. The van der Waals surface area contributed by atoms with Gasteiger partial charge in [0.25, 0.3) is 5.91 Å². The van der Waals surface area contributed by atoms with E-state index in [2.05, 4.69) is 37.8 Å². The highest BCUT2D eigenvalue weighted by Crippen LogP contribution is 2.51. The molecule has 0 radical (unpaired) electrons. The van der Waals surface area contributed by atoms with Crippen molar-refractivity contribution in [1.82, 2.24) is 5.43 Å². The number of nitrogens with one attached hydrogen (secondary N) is 1. The minimum absolute atomic E-state index is 0.129. The number of carbonyl (C=O) groups is 1. The van der Waals surface area contributed by atoms with Crippen molar-refractivity contribution in [2.45, 2.75) is 53.0 Å². The van der Waals surface area contributed by atoms with Crippen molar-refractivity contribution in [3.8, 4) is 0 Å². The number of hydrazine groups is 1. The van der Waals surface area contributed by atoms with Gasteiger partial charge in [-0.3, -0.25) is 4.79 Å². The highest BCUT2D eigenvalue weighted by atomic mass is 16.2. The third-order valence-corrected chi connectivity index (χ3v) is 5.15. The fourth-order valence-electron chi connectivity index (χ4n) is 3.94. The number of hydrogen-bond acceptors (Lipinski definition) is 1. The Kier molecular flexibility index (Phi) is 2.20. The van der Waals surface area contributed by atoms with Crippen molar-refractivity contribution in [1.29, 1.82) is 0 Å². The minimum Gasteiger partial charge on any atom is -0.269 e. The maximum Gasteiger partial charge on any atom is 0.284 e. The molecule has 2 aliphatic carbocycles. The summed E-state index contributed by atoms with van der Waals surface area (Å²) in [5.41, 5.74) is 4.55. The first-order valence-electron chi connectivity index (χ1n) is 6.83. The van der Waals surface area contributed by atoms with E-state index in [1.807, 2.05) is 0 Å². The van der Waals surface area contributed by atoms with Gasteiger partial charge in [-0.05, 0) is 25.2 Å². The standard InChI is InChI=1S/C14H22N2O/c1-8(14(2,3)4)16-12-10-6-5-9(7-10)11(12)13(17)15-16/h9-12H,5-7H2,1-4H3/p+1/b16-8-/t9?,10?,11-,12+/m0/s1. The molecule has 0 aromatic carbocycles. The second-order valence-corrected chi connectivity index (χ2v) is 7.03. The lowest BCUT2D eigenvalue weighted by Gasteiger charge is -2.21. The summed E-state index contributed by atoms with van der Waals surface area (Å²) in [6.45, 7) is 8.81. The molecule has 3 aliphatic rings. The van der Waals surface area contributed by atoms with Gasteiger partial charge in [-0.2, -0.15) is 0 Å². The van der Waals surface area contributed by atoms with Gasteiger partial charge in [-0.25, -0.2) is 0 Å². The lowest BCUT2D eigenvalue weighted by Crippen LogP contribution is -2.41. The number of fused-ring (bicyclic) bond motifs is 5. The van der Waals surface area contributed by atoms with Crippen LogP contribution in [-0.2, 0) is 4.79 Å². The van der Waals surface area contributed by atoms with Gasteiger partial charge in [-0.15, -0.1) is 10.1 Å². The van der Waals surface area contributed by atoms with Crippen LogP contribution in [0.3, 0.4) is 0 Å². The number of hydrogen-bond donors (Lipinski definition) is 1. The Morgan fingerprint density at radius 3 is 2.59 bits per heavy atom. The zero-order chi connectivity index (χ0) is 12.4. The average molecular weight is 235 g/mol. The van der Waals surface area contributed by atoms with E-state index in [4.69, 9.17) is 0 Å². The summed E-state index contributed by atoms with van der Waals surface area (Å²) < 4.78 is 2.21. The molecule has 2 bridgehead atoms. The van der Waals surface area contributed by atoms with Crippen molar-refractivity contribution in [2.24, 2.45) is 23.2 Å². The average Bonchev–Trinajstić information content (AvgIpc) is 2.87. The number of carbonyl (C=O) groups excluding carboxylic acids is 1. The van der Waals surface area contributed by atoms with Crippen LogP contribution in [0, 0.1) is 23.2 Å². The lowest BCUT2D eigenvalue weighted by molar-refractivity contribution is -0.606. The van der Waals surface area contributed by atoms with Crippen molar-refractivity contribution < 1.29 is 9.48 Å². The van der Waals surface area contributed by atoms with Gasteiger partial charge in [0.05, 0.1) is 0 Å². The third-order valence-electron chi connectivity index (χ3n) is 5.15. The molecule has 1 saturated heterocycles. The molecule has 0 aromatic heterocycles. The van der Waals surface area contributed by atoms with Gasteiger partial charge < -0.3 is 0 Å². The molecule has 3 fully saturated rings. The van der Waals surface area contributed by atoms with Crippen LogP contribution in [-0.4, -0.2) is 22.3 Å². The van der Waals surface area contributed by atoms with Gasteiger partial charge in [0.1, 0.15) is 5.92 Å². The van der Waals surface area contributed by atoms with Gasteiger partial charge in [0.2, 0.25) is 0 Å². The third kappa shape index (κ3) is 1.47. The zero-order valence-electron chi connectivity index (χ0n) is 11.3. The molecule has 1 amide bonds. The van der Waals surface area contributed by atoms with Crippen LogP contribution in [0.4, 0.5) is 0 Å². The van der Waals surface area contributed by atoms with E-state index in [-0.39, 0.29) is 17.2 Å². The number of rotatable bonds is 0. The molecule has 1 N–H and O–H groups in total. The second kappa shape index (κ2) is 3.33. The molecule has 2 unspecified atom stereocenters. The Morgan fingerprint density at radius 1 is 1.29 bits per heavy atom. The van der Waals surface area contributed by atoms with E-state index in [0.717, 1.165) is 5.92 Å². The molecule has 4 atom stereocenters. The summed E-state index contributed by atoms with van der Waals surface area (Å²) in [5.74, 6) is 1.93. The van der Waals surface area contributed by atoms with Crippen LogP contribution < -0.4 is 5.43 Å². The number of amides is 1. The van der Waals surface area contributed by atoms with Crippen molar-refractivity contribution in [2.75, 3.05) is 0 Å². The number of nitrogens with zero attached hydrogens (tertiary/aromatic N) is 1. The molecule has 17 heavy (non-hydrogen) atoms. The Bertz CT molecular complexity index is 405. The molecule has 3 rings (SSSR count). The van der Waals surface area contributed by atoms with E-state index in [9.17, 15) is 4.79 Å². The molecule has 2 saturated carbocycles. The summed E-state index contributed by atoms with van der Waals surface area (Å²) in [6.07, 6.45) is 3.85. The molecule has 94 valence electrons. The number of hydrazone groups is 1. The Hall–Kier alpha value is -0.860. The molecule has 1 heterocycles. The first kappa shape index (κ1) is 11.2. The van der Waals surface area contributed by atoms with E-state index in [1.165, 1.54) is 25.0 Å². The fourth-order valence-corrected chi connectivity index (χ4v) is 3.94. The van der Waals surface area contributed by atoms with Crippen molar-refractivity contribution in [3.05, 3.63) is 0 Å². The van der Waals surface area contributed by atoms with Crippen LogP contribution in [0.5, 0.6) is 0 Å². The van der Waals surface area contributed by atoms with Gasteiger partial charge in [0, 0.05) is 18.3 Å². The molecule has 0 spiro atoms. The monoisotopic (exact) mass is 235 g/mol. The van der Waals surface area contributed by atoms with Crippen LogP contribution in [0.25, 0.3) is 0 Å². The summed E-state index contributed by atoms with van der Waals surface area (Å²) in [5, 5.41) is 0. The highest BCUT2D eigenvalue weighted by molar-refractivity contribution is 5.86. The highest BCUT2D eigenvalue weighted by Gasteiger charge is 2.62. The predicted molar refractivity (Wildman–Crippen MR) is 66.6 cm³/mol. The fraction of sp³-hybridized carbons (Fsp3) is 0.857. The summed E-state index contributed by atoms with van der Waals surface area (Å²) in [7, 11) is 0. The minimum atomic E-state index is 0.129. The topological polar surface area (TPSA) is 32.1 Å². The molecular weight excluding hydrogens is 212 g/mol. The van der Waals surface area contributed by atoms with Crippen LogP contribution in [0.2, 0.25) is 0 Å². The maximum atomic E-state index is 12.1. The van der Waals surface area contributed by atoms with Gasteiger partial charge in [-0.1, -0.05) is 20.8 Å². The van der Waals surface area contributed by atoms with E-state index >= 15 is 0 Å². The normalized spacial score (nSPS) is 42.7. The van der Waals surface area contributed by atoms with Gasteiger partial charge in [0.15, 0.2) is 11.8 Å². The SMILES string of the molecule is C/C(=[N+]1/NC(=O)[C@H]2C3CCC(C3)[C@H]21)C(C)(C)C. The van der Waals surface area contributed by atoms with E-state index in [1.54, 1.807) is 0 Å². The van der Waals surface area contributed by atoms with E-state index in [0.29, 0.717) is 12.0 Å². The van der Waals surface area contributed by atoms with Crippen molar-refractivity contribution in [3.63, 3.8) is 0 Å². The Labute approximate surface area is 103 Å². The summed E-state index contributed by atoms with van der Waals surface area (Å²) in [4.78, 5) is 12.1. The van der Waals surface area contributed by atoms with Crippen LogP contribution in [0.1, 0.15) is 47.0 Å². The maximum absolute atomic E-state index is 12.1. The molecule has 1 aliphatic heterocycles. The first-order chi connectivity index (χ1) is 7.89. The smallest absolute Gasteiger partial charge is 0.269 e.